The van der Waals surface area contributed by atoms with E-state index >= 15 is 0 Å². The van der Waals surface area contributed by atoms with E-state index in [-0.39, 0.29) is 73.6 Å². The first kappa shape index (κ1) is 42.4. The van der Waals surface area contributed by atoms with E-state index in [4.69, 9.17) is 9.05 Å². The molecule has 2 amide bonds. The third kappa shape index (κ3) is 10.1. The number of carbonyl (C=O) groups excluding carboxylic acids is 2. The number of halogens is 2. The molecule has 6 aromatic rings. The van der Waals surface area contributed by atoms with Crippen LogP contribution in [-0.2, 0) is 14.1 Å². The molecule has 2 atom stereocenters. The van der Waals surface area contributed by atoms with Gasteiger partial charge >= 0.3 is 0 Å². The van der Waals surface area contributed by atoms with Gasteiger partial charge in [-0.05, 0) is 62.1 Å². The van der Waals surface area contributed by atoms with E-state index in [1.165, 1.54) is 24.3 Å². The zero-order valence-electron chi connectivity index (χ0n) is 30.0. The fourth-order valence-electron chi connectivity index (χ4n) is 4.94. The molecule has 0 aliphatic heterocycles. The van der Waals surface area contributed by atoms with Crippen molar-refractivity contribution < 1.29 is 27.4 Å². The lowest BCUT2D eigenvalue weighted by Crippen LogP contribution is -2.28. The van der Waals surface area contributed by atoms with Crippen molar-refractivity contribution in [3.63, 3.8) is 0 Å². The number of hydrogen-bond donors (Lipinski definition) is 2. The Morgan fingerprint density at radius 3 is 1.31 bits per heavy atom. The molecule has 2 N–H and O–H groups in total. The Kier molecular flexibility index (Phi) is 14.2. The molecule has 0 aliphatic carbocycles. The van der Waals surface area contributed by atoms with Crippen molar-refractivity contribution in [1.82, 2.24) is 50.5 Å². The summed E-state index contributed by atoms with van der Waals surface area (Å²) in [5.41, 5.74) is 3.60. The lowest BCUT2D eigenvalue weighted by molar-refractivity contribution is 0.0915. The zero-order chi connectivity index (χ0) is 37.7. The van der Waals surface area contributed by atoms with E-state index in [1.807, 2.05) is 27.7 Å². The number of benzene rings is 2. The average molecular weight is 747 g/mol. The molecule has 6 rings (SSSR count). The van der Waals surface area contributed by atoms with Crippen LogP contribution in [-0.4, -0.2) is 51.7 Å². The highest BCUT2D eigenvalue weighted by atomic mass is 19.1. The minimum Gasteiger partial charge on any atom is -0.339 e. The van der Waals surface area contributed by atoms with E-state index in [0.29, 0.717) is 22.5 Å². The fourth-order valence-corrected chi connectivity index (χ4v) is 4.94. The van der Waals surface area contributed by atoms with Crippen LogP contribution in [0.15, 0.2) is 69.7 Å². The first-order chi connectivity index (χ1) is 24.7. The molecule has 0 bridgehead atoms. The van der Waals surface area contributed by atoms with Crippen LogP contribution in [0.25, 0.3) is 22.8 Å². The second kappa shape index (κ2) is 18.1. The molecule has 14 nitrogen and oxygen atoms in total. The predicted octanol–water partition coefficient (Wildman–Crippen LogP) is 7.72. The Hall–Kier alpha value is -6.06. The number of aromatic nitrogens is 8. The number of aryl methyl sites for hydroxylation is 2. The molecule has 2 aromatic carbocycles. The van der Waals surface area contributed by atoms with Crippen LogP contribution in [0.1, 0.15) is 124 Å². The molecule has 0 unspecified atom stereocenters. The van der Waals surface area contributed by atoms with Gasteiger partial charge in [0.2, 0.25) is 23.4 Å². The van der Waals surface area contributed by atoms with Crippen molar-refractivity contribution >= 4 is 11.8 Å². The summed E-state index contributed by atoms with van der Waals surface area (Å²) in [4.78, 5) is 33.5. The topological polar surface area (TPSA) is 172 Å². The molecule has 288 valence electrons. The minimum atomic E-state index is -0.505. The van der Waals surface area contributed by atoms with Gasteiger partial charge in [0.1, 0.15) is 35.1 Å². The van der Waals surface area contributed by atoms with Gasteiger partial charge in [0, 0.05) is 25.2 Å². The molecule has 0 aliphatic rings. The maximum atomic E-state index is 13.3. The Bertz CT molecular complexity index is 2020. The number of nitrogens with zero attached hydrogens (tertiary/aromatic N) is 8. The van der Waals surface area contributed by atoms with Gasteiger partial charge in [0.15, 0.2) is 0 Å². The van der Waals surface area contributed by atoms with Gasteiger partial charge in [-0.1, -0.05) is 77.1 Å². The Morgan fingerprint density at radius 1 is 0.630 bits per heavy atom. The molecule has 54 heavy (non-hydrogen) atoms. The number of rotatable bonds is 10. The van der Waals surface area contributed by atoms with Crippen LogP contribution in [0.4, 0.5) is 8.78 Å². The van der Waals surface area contributed by atoms with Crippen molar-refractivity contribution in [3.8, 4) is 22.8 Å². The standard InChI is InChI=1S/2C18H20FN5O2.2CH4/c2*1-10(2)14-9-15(24(4)22-14)17(25)20-11(3)18-21-16(23-26-18)12-6-5-7-13(19)8-12;;/h2*5-11H,1-4H3,(H,20,25);2*1H4/t2*11-;;/m10../s1. The highest BCUT2D eigenvalue weighted by molar-refractivity contribution is 5.93. The van der Waals surface area contributed by atoms with E-state index in [1.54, 1.807) is 73.7 Å². The third-order valence-corrected chi connectivity index (χ3v) is 7.93. The second-order valence-electron chi connectivity index (χ2n) is 12.8. The van der Waals surface area contributed by atoms with Crippen LogP contribution in [0.2, 0.25) is 0 Å². The van der Waals surface area contributed by atoms with E-state index in [0.717, 1.165) is 11.4 Å². The largest absolute Gasteiger partial charge is 0.339 e. The van der Waals surface area contributed by atoms with E-state index in [9.17, 15) is 18.4 Å². The van der Waals surface area contributed by atoms with Gasteiger partial charge in [-0.25, -0.2) is 8.78 Å². The van der Waals surface area contributed by atoms with Gasteiger partial charge in [0.05, 0.1) is 11.4 Å². The average Bonchev–Trinajstić information content (AvgIpc) is 3.91. The fraction of sp³-hybridized carbons (Fsp3) is 0.368. The summed E-state index contributed by atoms with van der Waals surface area (Å²) in [5.74, 6) is 0.128. The zero-order valence-corrected chi connectivity index (χ0v) is 30.0. The smallest absolute Gasteiger partial charge is 0.270 e. The van der Waals surface area contributed by atoms with Crippen LogP contribution in [0.5, 0.6) is 0 Å². The normalized spacial score (nSPS) is 11.9. The first-order valence-electron chi connectivity index (χ1n) is 16.6. The van der Waals surface area contributed by atoms with Gasteiger partial charge in [-0.3, -0.25) is 19.0 Å². The molecule has 0 spiro atoms. The summed E-state index contributed by atoms with van der Waals surface area (Å²) < 4.78 is 40.2. The third-order valence-electron chi connectivity index (χ3n) is 7.93. The summed E-state index contributed by atoms with van der Waals surface area (Å²) in [7, 11) is 3.44. The van der Waals surface area contributed by atoms with Gasteiger partial charge in [0.25, 0.3) is 11.8 Å². The summed E-state index contributed by atoms with van der Waals surface area (Å²) in [6, 6.07) is 14.3. The monoisotopic (exact) mass is 746 g/mol. The number of nitrogens with one attached hydrogen (secondary N) is 2. The van der Waals surface area contributed by atoms with Crippen LogP contribution in [0, 0.1) is 11.6 Å². The SMILES string of the molecule is C.C.CC(C)c1cc(C(=O)N[C@@H](C)c2nc(-c3cccc(F)c3)no2)n(C)n1.CC(C)c1cc(C(=O)N[C@H](C)c2nc(-c3cccc(F)c3)no2)n(C)n1. The van der Waals surface area contributed by atoms with Crippen LogP contribution in [0.3, 0.4) is 0 Å². The van der Waals surface area contributed by atoms with Crippen LogP contribution >= 0.6 is 0 Å². The number of amides is 2. The highest BCUT2D eigenvalue weighted by Crippen LogP contribution is 2.22. The molecule has 0 fully saturated rings. The van der Waals surface area contributed by atoms with E-state index in [2.05, 4.69) is 41.1 Å². The van der Waals surface area contributed by atoms with Gasteiger partial charge < -0.3 is 19.7 Å². The number of carbonyl (C=O) groups is 2. The summed E-state index contributed by atoms with van der Waals surface area (Å²) in [6.45, 7) is 11.5. The minimum absolute atomic E-state index is 0. The molecule has 4 aromatic heterocycles. The van der Waals surface area contributed by atoms with E-state index < -0.39 is 12.1 Å². The second-order valence-corrected chi connectivity index (χ2v) is 12.8. The predicted molar refractivity (Wildman–Crippen MR) is 199 cm³/mol. The first-order valence-corrected chi connectivity index (χ1v) is 16.6. The molecule has 0 saturated carbocycles. The molecule has 0 saturated heterocycles. The Labute approximate surface area is 313 Å². The molecular formula is C38H48F2N10O4. The summed E-state index contributed by atoms with van der Waals surface area (Å²) >= 11 is 0. The van der Waals surface area contributed by atoms with Gasteiger partial charge in [-0.15, -0.1) is 0 Å². The summed E-state index contributed by atoms with van der Waals surface area (Å²) in [5, 5.41) is 22.0. The Morgan fingerprint density at radius 2 is 1.00 bits per heavy atom. The maximum absolute atomic E-state index is 13.3. The van der Waals surface area contributed by atoms with Crippen LogP contribution < -0.4 is 10.6 Å². The molecule has 0 radical (unpaired) electrons. The van der Waals surface area contributed by atoms with Crippen molar-refractivity contribution in [2.45, 2.75) is 80.3 Å². The van der Waals surface area contributed by atoms with Crippen molar-refractivity contribution in [1.29, 1.82) is 0 Å². The molecular weight excluding hydrogens is 698 g/mol. The van der Waals surface area contributed by atoms with Crippen molar-refractivity contribution in [2.24, 2.45) is 14.1 Å². The number of hydrogen-bond acceptors (Lipinski definition) is 10. The van der Waals surface area contributed by atoms with Crippen molar-refractivity contribution in [2.75, 3.05) is 0 Å². The lowest BCUT2D eigenvalue weighted by Gasteiger charge is -2.09. The Balaban J connectivity index is 0.000000280. The quantitative estimate of drug-likeness (QED) is 0.141. The highest BCUT2D eigenvalue weighted by Gasteiger charge is 2.23. The maximum Gasteiger partial charge on any atom is 0.270 e. The molecule has 16 heteroatoms. The van der Waals surface area contributed by atoms with Crippen molar-refractivity contribution in [3.05, 3.63) is 107 Å². The molecule has 4 heterocycles. The summed E-state index contributed by atoms with van der Waals surface area (Å²) in [6.07, 6.45) is 0. The van der Waals surface area contributed by atoms with Gasteiger partial charge in [-0.2, -0.15) is 20.2 Å². The lowest BCUT2D eigenvalue weighted by atomic mass is 10.1.